The zero-order valence-corrected chi connectivity index (χ0v) is 13.6. The zero-order valence-electron chi connectivity index (χ0n) is 13.6. The number of morpholine rings is 1. The highest BCUT2D eigenvalue weighted by atomic mass is 16.5. The molecule has 0 aromatic heterocycles. The molecule has 2 aliphatic heterocycles. The van der Waals surface area contributed by atoms with Gasteiger partial charge in [0, 0.05) is 26.2 Å². The van der Waals surface area contributed by atoms with Crippen molar-refractivity contribution in [2.45, 2.75) is 65.0 Å². The van der Waals surface area contributed by atoms with Gasteiger partial charge in [0.1, 0.15) is 0 Å². The largest absolute Gasteiger partial charge is 0.373 e. The van der Waals surface area contributed by atoms with Crippen molar-refractivity contribution >= 4 is 0 Å². The van der Waals surface area contributed by atoms with Crippen LogP contribution in [0.4, 0.5) is 0 Å². The maximum absolute atomic E-state index is 6.17. The Morgan fingerprint density at radius 3 is 2.35 bits per heavy atom. The first-order chi connectivity index (χ1) is 9.52. The van der Waals surface area contributed by atoms with Gasteiger partial charge in [-0.1, -0.05) is 13.8 Å². The highest BCUT2D eigenvalue weighted by Crippen LogP contribution is 2.21. The summed E-state index contributed by atoms with van der Waals surface area (Å²) >= 11 is 0. The van der Waals surface area contributed by atoms with Gasteiger partial charge >= 0.3 is 0 Å². The van der Waals surface area contributed by atoms with Crippen LogP contribution < -0.4 is 5.32 Å². The van der Waals surface area contributed by atoms with E-state index in [0.717, 1.165) is 32.7 Å². The molecule has 4 heteroatoms. The van der Waals surface area contributed by atoms with Gasteiger partial charge in [-0.2, -0.15) is 0 Å². The molecule has 1 N–H and O–H groups in total. The van der Waals surface area contributed by atoms with Crippen LogP contribution in [0.5, 0.6) is 0 Å². The highest BCUT2D eigenvalue weighted by Gasteiger charge is 2.29. The van der Waals surface area contributed by atoms with Crippen molar-refractivity contribution in [2.75, 3.05) is 32.7 Å². The first kappa shape index (κ1) is 16.2. The van der Waals surface area contributed by atoms with Crippen LogP contribution >= 0.6 is 0 Å². The van der Waals surface area contributed by atoms with Crippen molar-refractivity contribution in [1.29, 1.82) is 0 Å². The molecule has 0 amide bonds. The van der Waals surface area contributed by atoms with Crippen molar-refractivity contribution in [3.8, 4) is 0 Å². The summed E-state index contributed by atoms with van der Waals surface area (Å²) in [6.45, 7) is 14.1. The van der Waals surface area contributed by atoms with Crippen LogP contribution in [0, 0.1) is 5.92 Å². The second kappa shape index (κ2) is 7.74. The normalized spacial score (nSPS) is 35.9. The van der Waals surface area contributed by atoms with Crippen LogP contribution in [-0.4, -0.2) is 62.0 Å². The molecule has 118 valence electrons. The molecule has 2 aliphatic rings. The lowest BCUT2D eigenvalue weighted by Gasteiger charge is -2.36. The minimum atomic E-state index is 0.351. The molecule has 0 aromatic carbocycles. The topological polar surface area (TPSA) is 33.7 Å². The van der Waals surface area contributed by atoms with Crippen LogP contribution in [0.25, 0.3) is 0 Å². The SMILES string of the molecule is CC(C)CNCC1CCC(CN2CC(C)OC(C)C2)O1. The Morgan fingerprint density at radius 1 is 1.05 bits per heavy atom. The molecule has 2 heterocycles. The van der Waals surface area contributed by atoms with E-state index in [-0.39, 0.29) is 0 Å². The number of rotatable bonds is 6. The number of nitrogens with one attached hydrogen (secondary N) is 1. The fourth-order valence-corrected chi connectivity index (χ4v) is 3.32. The predicted molar refractivity (Wildman–Crippen MR) is 82.1 cm³/mol. The first-order valence-corrected chi connectivity index (χ1v) is 8.27. The number of nitrogens with zero attached hydrogens (tertiary/aromatic N) is 1. The Balaban J connectivity index is 1.65. The van der Waals surface area contributed by atoms with E-state index in [1.54, 1.807) is 0 Å². The molecule has 20 heavy (non-hydrogen) atoms. The minimum Gasteiger partial charge on any atom is -0.373 e. The van der Waals surface area contributed by atoms with Crippen molar-refractivity contribution in [3.63, 3.8) is 0 Å². The lowest BCUT2D eigenvalue weighted by atomic mass is 10.1. The maximum atomic E-state index is 6.17. The quantitative estimate of drug-likeness (QED) is 0.807. The molecule has 0 radical (unpaired) electrons. The summed E-state index contributed by atoms with van der Waals surface area (Å²) in [6.07, 6.45) is 3.93. The van der Waals surface area contributed by atoms with Gasteiger partial charge in [0.05, 0.1) is 24.4 Å². The smallest absolute Gasteiger partial charge is 0.0707 e. The summed E-state index contributed by atoms with van der Waals surface area (Å²) in [5.41, 5.74) is 0. The van der Waals surface area contributed by atoms with E-state index in [0.29, 0.717) is 30.3 Å². The summed E-state index contributed by atoms with van der Waals surface area (Å²) < 4.78 is 12.0. The predicted octanol–water partition coefficient (Wildman–Crippen LogP) is 1.89. The average molecular weight is 284 g/mol. The van der Waals surface area contributed by atoms with Gasteiger partial charge in [0.15, 0.2) is 0 Å². The molecule has 2 rings (SSSR count). The molecular formula is C16H32N2O2. The molecule has 2 fully saturated rings. The Kier molecular flexibility index (Phi) is 6.27. The summed E-state index contributed by atoms with van der Waals surface area (Å²) in [4.78, 5) is 2.51. The monoisotopic (exact) mass is 284 g/mol. The van der Waals surface area contributed by atoms with Gasteiger partial charge in [-0.15, -0.1) is 0 Å². The van der Waals surface area contributed by atoms with Crippen molar-refractivity contribution in [3.05, 3.63) is 0 Å². The van der Waals surface area contributed by atoms with Crippen molar-refractivity contribution in [1.82, 2.24) is 10.2 Å². The van der Waals surface area contributed by atoms with Crippen LogP contribution in [0.3, 0.4) is 0 Å². The van der Waals surface area contributed by atoms with Crippen molar-refractivity contribution < 1.29 is 9.47 Å². The van der Waals surface area contributed by atoms with E-state index >= 15 is 0 Å². The Morgan fingerprint density at radius 2 is 1.70 bits per heavy atom. The van der Waals surface area contributed by atoms with E-state index < -0.39 is 0 Å². The molecule has 0 saturated carbocycles. The summed E-state index contributed by atoms with van der Waals surface area (Å²) in [7, 11) is 0. The van der Waals surface area contributed by atoms with E-state index in [1.807, 2.05) is 0 Å². The molecule has 0 aromatic rings. The number of hydrogen-bond acceptors (Lipinski definition) is 4. The average Bonchev–Trinajstić information content (AvgIpc) is 2.74. The maximum Gasteiger partial charge on any atom is 0.0707 e. The first-order valence-electron chi connectivity index (χ1n) is 8.27. The van der Waals surface area contributed by atoms with Gasteiger partial charge in [0.2, 0.25) is 0 Å². The van der Waals surface area contributed by atoms with Crippen LogP contribution in [0.1, 0.15) is 40.5 Å². The van der Waals surface area contributed by atoms with Crippen LogP contribution in [0.2, 0.25) is 0 Å². The van der Waals surface area contributed by atoms with E-state index in [9.17, 15) is 0 Å². The second-order valence-corrected chi connectivity index (χ2v) is 6.99. The second-order valence-electron chi connectivity index (χ2n) is 6.99. The molecule has 0 spiro atoms. The summed E-state index contributed by atoms with van der Waals surface area (Å²) in [6, 6.07) is 0. The molecule has 4 unspecified atom stereocenters. The standard InChI is InChI=1S/C16H32N2O2/c1-12(2)7-17-8-15-5-6-16(20-15)11-18-9-13(3)19-14(4)10-18/h12-17H,5-11H2,1-4H3. The molecule has 0 aliphatic carbocycles. The fraction of sp³-hybridized carbons (Fsp3) is 1.00. The third kappa shape index (κ3) is 5.32. The lowest BCUT2D eigenvalue weighted by molar-refractivity contribution is -0.0811. The molecule has 4 atom stereocenters. The summed E-state index contributed by atoms with van der Waals surface area (Å²) in [5, 5.41) is 3.51. The lowest BCUT2D eigenvalue weighted by Crippen LogP contribution is -2.48. The Labute approximate surface area is 124 Å². The third-order valence-corrected chi connectivity index (χ3v) is 4.08. The zero-order chi connectivity index (χ0) is 14.5. The van der Waals surface area contributed by atoms with Gasteiger partial charge in [-0.25, -0.2) is 0 Å². The van der Waals surface area contributed by atoms with Crippen LogP contribution in [-0.2, 0) is 9.47 Å². The fourth-order valence-electron chi connectivity index (χ4n) is 3.32. The third-order valence-electron chi connectivity index (χ3n) is 4.08. The Bertz CT molecular complexity index is 276. The number of ether oxygens (including phenoxy) is 2. The van der Waals surface area contributed by atoms with Gasteiger partial charge in [-0.3, -0.25) is 4.90 Å². The van der Waals surface area contributed by atoms with E-state index in [2.05, 4.69) is 37.9 Å². The Hall–Kier alpha value is -0.160. The van der Waals surface area contributed by atoms with Gasteiger partial charge in [-0.05, 0) is 39.2 Å². The molecular weight excluding hydrogens is 252 g/mol. The molecule has 4 nitrogen and oxygen atoms in total. The highest BCUT2D eigenvalue weighted by molar-refractivity contribution is 4.81. The van der Waals surface area contributed by atoms with Gasteiger partial charge < -0.3 is 14.8 Å². The van der Waals surface area contributed by atoms with Gasteiger partial charge in [0.25, 0.3) is 0 Å². The van der Waals surface area contributed by atoms with E-state index in [4.69, 9.17) is 9.47 Å². The molecule has 0 bridgehead atoms. The minimum absolute atomic E-state index is 0.351. The van der Waals surface area contributed by atoms with Crippen LogP contribution in [0.15, 0.2) is 0 Å². The van der Waals surface area contributed by atoms with Crippen molar-refractivity contribution in [2.24, 2.45) is 5.92 Å². The summed E-state index contributed by atoms with van der Waals surface area (Å²) in [5.74, 6) is 0.712. The number of hydrogen-bond donors (Lipinski definition) is 1. The van der Waals surface area contributed by atoms with E-state index in [1.165, 1.54) is 12.8 Å². The molecule has 2 saturated heterocycles.